The van der Waals surface area contributed by atoms with Crippen molar-refractivity contribution < 1.29 is 23.8 Å². The predicted octanol–water partition coefficient (Wildman–Crippen LogP) is 3.67. The van der Waals surface area contributed by atoms with Gasteiger partial charge in [0.1, 0.15) is 17.2 Å². The molecule has 2 aromatic carbocycles. The standard InChI is InChI=1S/C25H32N2O5/c1-3-17-31-22-9-11-23(12-10-22)32-18-24(28)26-20-13-15-27(16-14-20)25(29)19-5-7-21(8-6-19)30-4-2/h5-12,20H,3-4,13-18H2,1-2H3,(H,26,28). The monoisotopic (exact) mass is 440 g/mol. The van der Waals surface area contributed by atoms with E-state index in [0.717, 1.165) is 30.8 Å². The van der Waals surface area contributed by atoms with Crippen molar-refractivity contribution in [3.63, 3.8) is 0 Å². The van der Waals surface area contributed by atoms with Gasteiger partial charge >= 0.3 is 0 Å². The molecule has 7 heteroatoms. The van der Waals surface area contributed by atoms with E-state index in [1.165, 1.54) is 0 Å². The lowest BCUT2D eigenvalue weighted by Gasteiger charge is -2.32. The van der Waals surface area contributed by atoms with Gasteiger partial charge in [-0.25, -0.2) is 0 Å². The van der Waals surface area contributed by atoms with E-state index in [2.05, 4.69) is 12.2 Å². The second kappa shape index (κ2) is 12.0. The zero-order chi connectivity index (χ0) is 22.8. The van der Waals surface area contributed by atoms with Gasteiger partial charge in [-0.2, -0.15) is 0 Å². The summed E-state index contributed by atoms with van der Waals surface area (Å²) in [6, 6.07) is 14.5. The SMILES string of the molecule is CCCOc1ccc(OCC(=O)NC2CCN(C(=O)c3ccc(OCC)cc3)CC2)cc1. The number of carbonyl (C=O) groups is 2. The maximum Gasteiger partial charge on any atom is 0.258 e. The summed E-state index contributed by atoms with van der Waals surface area (Å²) in [5.74, 6) is 2.02. The van der Waals surface area contributed by atoms with Crippen LogP contribution in [0.15, 0.2) is 48.5 Å². The molecule has 2 aromatic rings. The Hall–Kier alpha value is -3.22. The molecule has 1 aliphatic rings. The smallest absolute Gasteiger partial charge is 0.258 e. The fourth-order valence-electron chi connectivity index (χ4n) is 3.54. The van der Waals surface area contributed by atoms with Gasteiger partial charge < -0.3 is 24.4 Å². The van der Waals surface area contributed by atoms with Crippen molar-refractivity contribution in [2.24, 2.45) is 0 Å². The molecule has 0 aromatic heterocycles. The lowest BCUT2D eigenvalue weighted by molar-refractivity contribution is -0.124. The summed E-state index contributed by atoms with van der Waals surface area (Å²) in [7, 11) is 0. The molecule has 0 bridgehead atoms. The van der Waals surface area contributed by atoms with E-state index in [1.54, 1.807) is 24.3 Å². The van der Waals surface area contributed by atoms with Crippen molar-refractivity contribution in [1.82, 2.24) is 10.2 Å². The third kappa shape index (κ3) is 6.90. The van der Waals surface area contributed by atoms with Crippen LogP contribution in [0.3, 0.4) is 0 Å². The van der Waals surface area contributed by atoms with E-state index in [9.17, 15) is 9.59 Å². The van der Waals surface area contributed by atoms with Crippen LogP contribution in [0.1, 0.15) is 43.5 Å². The second-order valence-corrected chi connectivity index (χ2v) is 7.70. The normalized spacial score (nSPS) is 14.0. The first kappa shape index (κ1) is 23.4. The molecule has 0 saturated carbocycles. The number of hydrogen-bond acceptors (Lipinski definition) is 5. The number of hydrogen-bond donors (Lipinski definition) is 1. The van der Waals surface area contributed by atoms with Crippen molar-refractivity contribution in [1.29, 1.82) is 0 Å². The largest absolute Gasteiger partial charge is 0.494 e. The molecule has 0 unspecified atom stereocenters. The van der Waals surface area contributed by atoms with Crippen LogP contribution in [0.4, 0.5) is 0 Å². The zero-order valence-corrected chi connectivity index (χ0v) is 18.8. The van der Waals surface area contributed by atoms with Gasteiger partial charge in [0.2, 0.25) is 0 Å². The predicted molar refractivity (Wildman–Crippen MR) is 122 cm³/mol. The molecule has 1 heterocycles. The number of piperidine rings is 1. The number of nitrogens with zero attached hydrogens (tertiary/aromatic N) is 1. The van der Waals surface area contributed by atoms with E-state index >= 15 is 0 Å². The highest BCUT2D eigenvalue weighted by Crippen LogP contribution is 2.19. The quantitative estimate of drug-likeness (QED) is 0.610. The molecule has 2 amide bonds. The minimum absolute atomic E-state index is 0.00696. The molecule has 3 rings (SSSR count). The molecule has 0 spiro atoms. The third-order valence-corrected chi connectivity index (χ3v) is 5.23. The van der Waals surface area contributed by atoms with Crippen LogP contribution < -0.4 is 19.5 Å². The molecule has 0 atom stereocenters. The van der Waals surface area contributed by atoms with Gasteiger partial charge in [0, 0.05) is 24.7 Å². The van der Waals surface area contributed by atoms with Gasteiger partial charge in [-0.3, -0.25) is 9.59 Å². The van der Waals surface area contributed by atoms with Crippen molar-refractivity contribution in [3.05, 3.63) is 54.1 Å². The average Bonchev–Trinajstić information content (AvgIpc) is 2.83. The maximum absolute atomic E-state index is 12.7. The molecule has 172 valence electrons. The Kier molecular flexibility index (Phi) is 8.78. The molecular formula is C25H32N2O5. The number of nitrogens with one attached hydrogen (secondary N) is 1. The Morgan fingerprint density at radius 3 is 2.03 bits per heavy atom. The number of rotatable bonds is 10. The first-order valence-electron chi connectivity index (χ1n) is 11.3. The summed E-state index contributed by atoms with van der Waals surface area (Å²) in [4.78, 5) is 26.8. The highest BCUT2D eigenvalue weighted by Gasteiger charge is 2.24. The molecule has 1 saturated heterocycles. The molecule has 1 aliphatic heterocycles. The summed E-state index contributed by atoms with van der Waals surface area (Å²) in [6.45, 7) is 6.43. The van der Waals surface area contributed by atoms with E-state index in [4.69, 9.17) is 14.2 Å². The second-order valence-electron chi connectivity index (χ2n) is 7.70. The molecule has 32 heavy (non-hydrogen) atoms. The molecule has 0 aliphatic carbocycles. The summed E-state index contributed by atoms with van der Waals surface area (Å²) < 4.78 is 16.5. The van der Waals surface area contributed by atoms with Gasteiger partial charge in [0.15, 0.2) is 6.61 Å². The van der Waals surface area contributed by atoms with Crippen molar-refractivity contribution in [2.45, 2.75) is 39.2 Å². The van der Waals surface area contributed by atoms with Gasteiger partial charge in [0.05, 0.1) is 13.2 Å². The number of likely N-dealkylation sites (tertiary alicyclic amines) is 1. The molecular weight excluding hydrogens is 408 g/mol. The van der Waals surface area contributed by atoms with Crippen molar-refractivity contribution in [2.75, 3.05) is 32.9 Å². The Labute approximate surface area is 189 Å². The topological polar surface area (TPSA) is 77.1 Å². The fraction of sp³-hybridized carbons (Fsp3) is 0.440. The van der Waals surface area contributed by atoms with E-state index in [1.807, 2.05) is 36.1 Å². The maximum atomic E-state index is 12.7. The first-order chi connectivity index (χ1) is 15.6. The molecule has 1 N–H and O–H groups in total. The molecule has 1 fully saturated rings. The van der Waals surface area contributed by atoms with E-state index < -0.39 is 0 Å². The number of carbonyl (C=O) groups excluding carboxylic acids is 2. The molecule has 0 radical (unpaired) electrons. The minimum Gasteiger partial charge on any atom is -0.494 e. The van der Waals surface area contributed by atoms with Crippen LogP contribution in [0.2, 0.25) is 0 Å². The Morgan fingerprint density at radius 1 is 0.875 bits per heavy atom. The van der Waals surface area contributed by atoms with Crippen LogP contribution >= 0.6 is 0 Å². The molecule has 7 nitrogen and oxygen atoms in total. The van der Waals surface area contributed by atoms with Crippen LogP contribution in [0.25, 0.3) is 0 Å². The van der Waals surface area contributed by atoms with Gasteiger partial charge in [-0.05, 0) is 74.7 Å². The van der Waals surface area contributed by atoms with Gasteiger partial charge in [-0.15, -0.1) is 0 Å². The first-order valence-corrected chi connectivity index (χ1v) is 11.3. The summed E-state index contributed by atoms with van der Waals surface area (Å²) >= 11 is 0. The fourth-order valence-corrected chi connectivity index (χ4v) is 3.54. The summed E-state index contributed by atoms with van der Waals surface area (Å²) in [5.41, 5.74) is 0.649. The Morgan fingerprint density at radius 2 is 1.44 bits per heavy atom. The highest BCUT2D eigenvalue weighted by molar-refractivity contribution is 5.94. The minimum atomic E-state index is -0.160. The highest BCUT2D eigenvalue weighted by atomic mass is 16.5. The lowest BCUT2D eigenvalue weighted by Crippen LogP contribution is -2.47. The third-order valence-electron chi connectivity index (χ3n) is 5.23. The van der Waals surface area contributed by atoms with Crippen LogP contribution in [0.5, 0.6) is 17.2 Å². The lowest BCUT2D eigenvalue weighted by atomic mass is 10.0. The van der Waals surface area contributed by atoms with Crippen LogP contribution in [-0.4, -0.2) is 55.7 Å². The Balaban J connectivity index is 1.38. The zero-order valence-electron chi connectivity index (χ0n) is 18.8. The number of amides is 2. The summed E-state index contributed by atoms with van der Waals surface area (Å²) in [5, 5.41) is 3.01. The number of benzene rings is 2. The van der Waals surface area contributed by atoms with Crippen LogP contribution in [-0.2, 0) is 4.79 Å². The van der Waals surface area contributed by atoms with Gasteiger partial charge in [0.25, 0.3) is 11.8 Å². The van der Waals surface area contributed by atoms with E-state index in [-0.39, 0.29) is 24.5 Å². The van der Waals surface area contributed by atoms with Crippen molar-refractivity contribution in [3.8, 4) is 17.2 Å². The Bertz CT molecular complexity index is 859. The van der Waals surface area contributed by atoms with Crippen molar-refractivity contribution >= 4 is 11.8 Å². The summed E-state index contributed by atoms with van der Waals surface area (Å²) in [6.07, 6.45) is 2.39. The average molecular weight is 441 g/mol. The van der Waals surface area contributed by atoms with E-state index in [0.29, 0.717) is 37.6 Å². The number of ether oxygens (including phenoxy) is 3. The van der Waals surface area contributed by atoms with Gasteiger partial charge in [-0.1, -0.05) is 6.92 Å². The van der Waals surface area contributed by atoms with Crippen LogP contribution in [0, 0.1) is 0 Å².